The summed E-state index contributed by atoms with van der Waals surface area (Å²) in [5.41, 5.74) is 1.44. The molecule has 0 saturated heterocycles. The average molecular weight is 428 g/mol. The Hall–Kier alpha value is -1.90. The number of aromatic nitrogens is 1. The van der Waals surface area contributed by atoms with Gasteiger partial charge in [-0.3, -0.25) is 4.79 Å². The lowest BCUT2D eigenvalue weighted by Gasteiger charge is -2.42. The van der Waals surface area contributed by atoms with Crippen LogP contribution in [0, 0.1) is 6.92 Å². The van der Waals surface area contributed by atoms with Crippen molar-refractivity contribution in [1.82, 2.24) is 10.5 Å². The number of esters is 1. The molecule has 9 heteroatoms. The minimum atomic E-state index is -0.440. The summed E-state index contributed by atoms with van der Waals surface area (Å²) in [4.78, 5) is 26.3. The Bertz CT molecular complexity index is 901. The van der Waals surface area contributed by atoms with Gasteiger partial charge in [-0.05, 0) is 53.5 Å². The number of hydrogen-bond donors (Lipinski definition) is 2. The summed E-state index contributed by atoms with van der Waals surface area (Å²) in [6.45, 7) is 12.1. The van der Waals surface area contributed by atoms with Gasteiger partial charge in [0.25, 0.3) is 5.91 Å². The highest BCUT2D eigenvalue weighted by atomic mass is 35.5. The second-order valence-corrected chi connectivity index (χ2v) is 8.95. The van der Waals surface area contributed by atoms with Gasteiger partial charge < -0.3 is 19.9 Å². The quantitative estimate of drug-likeness (QED) is 0.715. The van der Waals surface area contributed by atoms with Crippen LogP contribution in [0.3, 0.4) is 0 Å². The number of amides is 1. The van der Waals surface area contributed by atoms with Crippen molar-refractivity contribution in [2.24, 2.45) is 0 Å². The second-order valence-electron chi connectivity index (χ2n) is 7.93. The second kappa shape index (κ2) is 7.85. The maximum Gasteiger partial charge on any atom is 0.341 e. The van der Waals surface area contributed by atoms with Crippen molar-refractivity contribution in [3.05, 3.63) is 33.5 Å². The molecule has 0 aliphatic carbocycles. The fraction of sp³-hybridized carbons (Fsp3) is 0.526. The van der Waals surface area contributed by atoms with E-state index >= 15 is 0 Å². The molecule has 2 N–H and O–H groups in total. The minimum absolute atomic E-state index is 0. The Morgan fingerprint density at radius 2 is 2.04 bits per heavy atom. The summed E-state index contributed by atoms with van der Waals surface area (Å²) in [5, 5.41) is 10.6. The number of rotatable bonds is 4. The molecule has 3 rings (SSSR count). The topological polar surface area (TPSA) is 93.5 Å². The lowest BCUT2D eigenvalue weighted by molar-refractivity contribution is 0.0525. The molecular weight excluding hydrogens is 402 g/mol. The molecule has 0 aromatic carbocycles. The third-order valence-corrected chi connectivity index (χ3v) is 5.87. The van der Waals surface area contributed by atoms with E-state index in [0.29, 0.717) is 22.7 Å². The number of anilines is 1. The molecule has 2 aromatic heterocycles. The van der Waals surface area contributed by atoms with Crippen molar-refractivity contribution in [2.75, 3.05) is 11.9 Å². The molecule has 2 aromatic rings. The number of hydrogen-bond acceptors (Lipinski definition) is 7. The van der Waals surface area contributed by atoms with Crippen LogP contribution >= 0.6 is 23.7 Å². The first-order chi connectivity index (χ1) is 12.5. The van der Waals surface area contributed by atoms with Crippen molar-refractivity contribution < 1.29 is 18.8 Å². The molecule has 0 fully saturated rings. The zero-order valence-electron chi connectivity index (χ0n) is 16.9. The lowest BCUT2D eigenvalue weighted by Crippen LogP contribution is -2.55. The van der Waals surface area contributed by atoms with E-state index in [1.54, 1.807) is 19.9 Å². The molecule has 0 radical (unpaired) electrons. The third kappa shape index (κ3) is 4.24. The summed E-state index contributed by atoms with van der Waals surface area (Å²) in [7, 11) is 0. The van der Waals surface area contributed by atoms with E-state index in [9.17, 15) is 9.59 Å². The van der Waals surface area contributed by atoms with Gasteiger partial charge in [0.05, 0.1) is 17.9 Å². The summed E-state index contributed by atoms with van der Waals surface area (Å²) in [6.07, 6.45) is 0.660. The summed E-state index contributed by atoms with van der Waals surface area (Å²) in [6, 6.07) is 1.56. The largest absolute Gasteiger partial charge is 0.462 e. The SMILES string of the molecule is CCOC(=O)c1c(NC(=O)c2cc(C)no2)sc2c1CC(C)(C)NC2(C)C.Cl. The Morgan fingerprint density at radius 3 is 2.61 bits per heavy atom. The Kier molecular flexibility index (Phi) is 6.28. The van der Waals surface area contributed by atoms with Crippen LogP contribution in [-0.4, -0.2) is 29.2 Å². The van der Waals surface area contributed by atoms with Crippen molar-refractivity contribution >= 4 is 40.6 Å². The van der Waals surface area contributed by atoms with Gasteiger partial charge in [-0.1, -0.05) is 5.16 Å². The third-order valence-electron chi connectivity index (χ3n) is 4.40. The van der Waals surface area contributed by atoms with Gasteiger partial charge in [0, 0.05) is 22.0 Å². The maximum absolute atomic E-state index is 12.7. The fourth-order valence-corrected chi connectivity index (χ4v) is 4.93. The highest BCUT2D eigenvalue weighted by molar-refractivity contribution is 7.17. The number of thiophene rings is 1. The van der Waals surface area contributed by atoms with E-state index in [1.807, 2.05) is 0 Å². The van der Waals surface area contributed by atoms with E-state index in [0.717, 1.165) is 10.4 Å². The normalized spacial score (nSPS) is 16.6. The number of aryl methyl sites for hydroxylation is 1. The number of ether oxygens (including phenoxy) is 1. The first-order valence-electron chi connectivity index (χ1n) is 8.91. The van der Waals surface area contributed by atoms with Crippen molar-refractivity contribution in [3.8, 4) is 0 Å². The van der Waals surface area contributed by atoms with Crippen LogP contribution in [0.5, 0.6) is 0 Å². The van der Waals surface area contributed by atoms with Crippen LogP contribution in [0.15, 0.2) is 10.6 Å². The first kappa shape index (κ1) is 22.4. The van der Waals surface area contributed by atoms with Crippen LogP contribution in [-0.2, 0) is 16.7 Å². The van der Waals surface area contributed by atoms with Crippen LogP contribution in [0.25, 0.3) is 0 Å². The van der Waals surface area contributed by atoms with Crippen molar-refractivity contribution in [1.29, 1.82) is 0 Å². The predicted molar refractivity (Wildman–Crippen MR) is 111 cm³/mol. The van der Waals surface area contributed by atoms with Gasteiger partial charge in [-0.25, -0.2) is 4.79 Å². The van der Waals surface area contributed by atoms with Gasteiger partial charge in [-0.2, -0.15) is 0 Å². The summed E-state index contributed by atoms with van der Waals surface area (Å²) in [5.74, 6) is -0.760. The van der Waals surface area contributed by atoms with E-state index in [2.05, 4.69) is 43.5 Å². The molecule has 0 atom stereocenters. The molecule has 1 amide bonds. The van der Waals surface area contributed by atoms with E-state index < -0.39 is 11.9 Å². The van der Waals surface area contributed by atoms with E-state index in [-0.39, 0.29) is 35.9 Å². The van der Waals surface area contributed by atoms with Crippen molar-refractivity contribution in [2.45, 2.75) is 59.0 Å². The minimum Gasteiger partial charge on any atom is -0.462 e. The molecule has 1 aliphatic heterocycles. The molecule has 0 spiro atoms. The number of halogens is 1. The van der Waals surface area contributed by atoms with Gasteiger partial charge in [0.15, 0.2) is 0 Å². The number of carbonyl (C=O) groups is 2. The molecule has 154 valence electrons. The molecule has 0 saturated carbocycles. The number of nitrogens with one attached hydrogen (secondary N) is 2. The van der Waals surface area contributed by atoms with Crippen LogP contribution in [0.2, 0.25) is 0 Å². The van der Waals surface area contributed by atoms with Crippen LogP contribution < -0.4 is 10.6 Å². The zero-order chi connectivity index (χ0) is 20.0. The molecule has 28 heavy (non-hydrogen) atoms. The fourth-order valence-electron chi connectivity index (χ4n) is 3.67. The van der Waals surface area contributed by atoms with Gasteiger partial charge in [0.1, 0.15) is 5.00 Å². The Balaban J connectivity index is 0.00000280. The summed E-state index contributed by atoms with van der Waals surface area (Å²) >= 11 is 1.40. The average Bonchev–Trinajstić information content (AvgIpc) is 3.10. The van der Waals surface area contributed by atoms with Crippen LogP contribution in [0.1, 0.15) is 71.7 Å². The molecule has 0 bridgehead atoms. The summed E-state index contributed by atoms with van der Waals surface area (Å²) < 4.78 is 10.3. The number of fused-ring (bicyclic) bond motifs is 1. The Labute approximate surface area is 174 Å². The standard InChI is InChI=1S/C19H25N3O4S.ClH/c1-7-25-17(24)13-11-9-18(3,4)22-19(5,6)14(11)27-16(13)20-15(23)12-8-10(2)21-26-12;/h8,22H,7,9H2,1-6H3,(H,20,23);1H. The number of carbonyl (C=O) groups excluding carboxylic acids is 2. The Morgan fingerprint density at radius 1 is 1.36 bits per heavy atom. The van der Waals surface area contributed by atoms with E-state index in [1.165, 1.54) is 11.3 Å². The smallest absolute Gasteiger partial charge is 0.341 e. The van der Waals surface area contributed by atoms with Gasteiger partial charge >= 0.3 is 5.97 Å². The molecular formula is C19H26ClN3O4S. The number of nitrogens with zero attached hydrogens (tertiary/aromatic N) is 1. The van der Waals surface area contributed by atoms with Gasteiger partial charge in [0.2, 0.25) is 5.76 Å². The predicted octanol–water partition coefficient (Wildman–Crippen LogP) is 4.05. The molecule has 3 heterocycles. The first-order valence-corrected chi connectivity index (χ1v) is 9.73. The lowest BCUT2D eigenvalue weighted by atomic mass is 9.81. The van der Waals surface area contributed by atoms with Crippen molar-refractivity contribution in [3.63, 3.8) is 0 Å². The van der Waals surface area contributed by atoms with Crippen LogP contribution in [0.4, 0.5) is 5.00 Å². The zero-order valence-corrected chi connectivity index (χ0v) is 18.5. The molecule has 7 nitrogen and oxygen atoms in total. The maximum atomic E-state index is 12.7. The highest BCUT2D eigenvalue weighted by Gasteiger charge is 2.42. The van der Waals surface area contributed by atoms with Gasteiger partial charge in [-0.15, -0.1) is 23.7 Å². The van der Waals surface area contributed by atoms with E-state index in [4.69, 9.17) is 9.26 Å². The highest BCUT2D eigenvalue weighted by Crippen LogP contribution is 2.45. The molecule has 1 aliphatic rings. The monoisotopic (exact) mass is 427 g/mol. The molecule has 0 unspecified atom stereocenters.